The zero-order chi connectivity index (χ0) is 11.7. The first-order chi connectivity index (χ1) is 8.31. The summed E-state index contributed by atoms with van der Waals surface area (Å²) in [6.07, 6.45) is 12.2. The first kappa shape index (κ1) is 11.0. The molecule has 1 unspecified atom stereocenters. The molecule has 0 saturated heterocycles. The molecule has 2 aliphatic rings. The first-order valence-electron chi connectivity index (χ1n) is 6.86. The van der Waals surface area contributed by atoms with Crippen molar-refractivity contribution < 1.29 is 0 Å². The fourth-order valence-electron chi connectivity index (χ4n) is 3.56. The Kier molecular flexibility index (Phi) is 2.79. The molecule has 1 nitrogen and oxygen atoms in total. The van der Waals surface area contributed by atoms with E-state index < -0.39 is 0 Å². The van der Waals surface area contributed by atoms with Gasteiger partial charge in [-0.15, -0.1) is 0 Å². The van der Waals surface area contributed by atoms with Crippen LogP contribution in [0.25, 0.3) is 6.08 Å². The zero-order valence-corrected chi connectivity index (χ0v) is 10.4. The van der Waals surface area contributed by atoms with Gasteiger partial charge in [-0.25, -0.2) is 0 Å². The Morgan fingerprint density at radius 2 is 1.82 bits per heavy atom. The van der Waals surface area contributed by atoms with E-state index in [9.17, 15) is 0 Å². The van der Waals surface area contributed by atoms with E-state index in [1.54, 1.807) is 0 Å². The van der Waals surface area contributed by atoms with Gasteiger partial charge in [0.1, 0.15) is 0 Å². The minimum absolute atomic E-state index is 0.105. The molecule has 1 fully saturated rings. The summed E-state index contributed by atoms with van der Waals surface area (Å²) in [5.74, 6) is 0.669. The third-order valence-corrected chi connectivity index (χ3v) is 4.55. The van der Waals surface area contributed by atoms with Crippen LogP contribution in [0, 0.1) is 5.92 Å². The van der Waals surface area contributed by atoms with Crippen molar-refractivity contribution in [3.8, 4) is 0 Å². The molecule has 0 spiro atoms. The monoisotopic (exact) mass is 227 g/mol. The molecule has 0 radical (unpaired) electrons. The van der Waals surface area contributed by atoms with Gasteiger partial charge >= 0.3 is 0 Å². The molecule has 0 amide bonds. The third kappa shape index (κ3) is 1.83. The molecule has 1 aromatic rings. The van der Waals surface area contributed by atoms with Crippen molar-refractivity contribution in [2.75, 3.05) is 0 Å². The third-order valence-electron chi connectivity index (χ3n) is 4.55. The van der Waals surface area contributed by atoms with Crippen molar-refractivity contribution in [2.24, 2.45) is 11.7 Å². The summed E-state index contributed by atoms with van der Waals surface area (Å²) < 4.78 is 0. The van der Waals surface area contributed by atoms with Crippen LogP contribution in [0.5, 0.6) is 0 Å². The number of fused-ring (bicyclic) bond motifs is 1. The fraction of sp³-hybridized carbons (Fsp3) is 0.500. The second-order valence-corrected chi connectivity index (χ2v) is 5.57. The number of rotatable bonds is 1. The molecule has 1 atom stereocenters. The van der Waals surface area contributed by atoms with Crippen molar-refractivity contribution in [1.82, 2.24) is 0 Å². The lowest BCUT2D eigenvalue weighted by Crippen LogP contribution is -2.46. The number of hydrogen-bond donors (Lipinski definition) is 1. The van der Waals surface area contributed by atoms with Crippen LogP contribution in [0.1, 0.15) is 49.7 Å². The molecule has 3 rings (SSSR count). The van der Waals surface area contributed by atoms with Gasteiger partial charge in [0.2, 0.25) is 0 Å². The van der Waals surface area contributed by atoms with Crippen LogP contribution >= 0.6 is 0 Å². The molecular weight excluding hydrogens is 206 g/mol. The minimum Gasteiger partial charge on any atom is -0.321 e. The summed E-state index contributed by atoms with van der Waals surface area (Å²) in [6, 6.07) is 8.65. The van der Waals surface area contributed by atoms with Crippen LogP contribution in [0.2, 0.25) is 0 Å². The fourth-order valence-corrected chi connectivity index (χ4v) is 3.56. The van der Waals surface area contributed by atoms with E-state index in [1.807, 2.05) is 0 Å². The van der Waals surface area contributed by atoms with Gasteiger partial charge in [-0.3, -0.25) is 0 Å². The lowest BCUT2D eigenvalue weighted by Gasteiger charge is -2.42. The van der Waals surface area contributed by atoms with Crippen molar-refractivity contribution in [3.63, 3.8) is 0 Å². The topological polar surface area (TPSA) is 26.0 Å². The molecule has 2 N–H and O–H groups in total. The van der Waals surface area contributed by atoms with Crippen LogP contribution in [0.4, 0.5) is 0 Å². The van der Waals surface area contributed by atoms with Gasteiger partial charge in [-0.1, -0.05) is 55.7 Å². The highest BCUT2D eigenvalue weighted by atomic mass is 14.8. The van der Waals surface area contributed by atoms with Crippen molar-refractivity contribution in [1.29, 1.82) is 0 Å². The number of hydrogen-bond acceptors (Lipinski definition) is 1. The van der Waals surface area contributed by atoms with Crippen LogP contribution in [-0.4, -0.2) is 0 Å². The second kappa shape index (κ2) is 4.30. The van der Waals surface area contributed by atoms with Crippen molar-refractivity contribution in [2.45, 2.75) is 44.1 Å². The average Bonchev–Trinajstić information content (AvgIpc) is 2.40. The average molecular weight is 227 g/mol. The highest BCUT2D eigenvalue weighted by Gasteiger charge is 2.38. The molecular formula is C16H21N. The number of benzene rings is 1. The molecule has 0 bridgehead atoms. The molecule has 17 heavy (non-hydrogen) atoms. The largest absolute Gasteiger partial charge is 0.321 e. The minimum atomic E-state index is -0.105. The van der Waals surface area contributed by atoms with Gasteiger partial charge in [0.15, 0.2) is 0 Å². The second-order valence-electron chi connectivity index (χ2n) is 5.57. The summed E-state index contributed by atoms with van der Waals surface area (Å²) in [4.78, 5) is 0. The van der Waals surface area contributed by atoms with Crippen LogP contribution < -0.4 is 5.73 Å². The Morgan fingerprint density at radius 1 is 1.06 bits per heavy atom. The Hall–Kier alpha value is -1.08. The van der Waals surface area contributed by atoms with Crippen LogP contribution in [0.3, 0.4) is 0 Å². The predicted octanol–water partition coefficient (Wildman–Crippen LogP) is 3.84. The Bertz CT molecular complexity index is 429. The smallest absolute Gasteiger partial charge is 0.0479 e. The molecule has 2 aliphatic carbocycles. The van der Waals surface area contributed by atoms with Crippen molar-refractivity contribution in [3.05, 3.63) is 41.5 Å². The van der Waals surface area contributed by atoms with Gasteiger partial charge in [-0.05, 0) is 36.3 Å². The van der Waals surface area contributed by atoms with Gasteiger partial charge < -0.3 is 5.73 Å². The molecule has 90 valence electrons. The maximum atomic E-state index is 6.79. The van der Waals surface area contributed by atoms with Crippen molar-refractivity contribution >= 4 is 6.08 Å². The van der Waals surface area contributed by atoms with E-state index in [2.05, 4.69) is 36.4 Å². The lowest BCUT2D eigenvalue weighted by molar-refractivity contribution is 0.206. The summed E-state index contributed by atoms with van der Waals surface area (Å²) in [5, 5.41) is 0. The molecule has 0 heterocycles. The summed E-state index contributed by atoms with van der Waals surface area (Å²) in [5.41, 5.74) is 9.38. The predicted molar refractivity (Wildman–Crippen MR) is 72.5 cm³/mol. The van der Waals surface area contributed by atoms with E-state index in [4.69, 9.17) is 5.73 Å². The van der Waals surface area contributed by atoms with E-state index in [-0.39, 0.29) is 5.54 Å². The molecule has 1 heteroatoms. The molecule has 0 aromatic heterocycles. The molecule has 1 saturated carbocycles. The normalized spacial score (nSPS) is 29.0. The van der Waals surface area contributed by atoms with E-state index in [0.717, 1.165) is 6.42 Å². The van der Waals surface area contributed by atoms with Crippen LogP contribution in [-0.2, 0) is 5.54 Å². The van der Waals surface area contributed by atoms with Crippen LogP contribution in [0.15, 0.2) is 30.3 Å². The highest BCUT2D eigenvalue weighted by Crippen LogP contribution is 2.43. The van der Waals surface area contributed by atoms with Gasteiger partial charge in [0.05, 0.1) is 0 Å². The SMILES string of the molecule is NC1(C2CCCCC2)CC=Cc2ccccc21. The van der Waals surface area contributed by atoms with Gasteiger partial charge in [0, 0.05) is 5.54 Å². The standard InChI is InChI=1S/C16H21N/c17-16(14-9-2-1-3-10-14)12-6-8-13-7-4-5-11-15(13)16/h4-8,11,14H,1-3,9-10,12,17H2. The maximum Gasteiger partial charge on any atom is 0.0479 e. The van der Waals surface area contributed by atoms with E-state index >= 15 is 0 Å². The van der Waals surface area contributed by atoms with E-state index in [1.165, 1.54) is 43.2 Å². The Labute approximate surface area is 104 Å². The maximum absolute atomic E-state index is 6.79. The first-order valence-corrected chi connectivity index (χ1v) is 6.86. The Balaban J connectivity index is 1.99. The van der Waals surface area contributed by atoms with Gasteiger partial charge in [0.25, 0.3) is 0 Å². The summed E-state index contributed by atoms with van der Waals surface area (Å²) >= 11 is 0. The van der Waals surface area contributed by atoms with Gasteiger partial charge in [-0.2, -0.15) is 0 Å². The zero-order valence-electron chi connectivity index (χ0n) is 10.4. The quantitative estimate of drug-likeness (QED) is 0.775. The Morgan fingerprint density at radius 3 is 2.65 bits per heavy atom. The molecule has 0 aliphatic heterocycles. The summed E-state index contributed by atoms with van der Waals surface area (Å²) in [6.45, 7) is 0. The highest BCUT2D eigenvalue weighted by molar-refractivity contribution is 5.59. The number of nitrogens with two attached hydrogens (primary N) is 1. The molecule has 1 aromatic carbocycles. The summed E-state index contributed by atoms with van der Waals surface area (Å²) in [7, 11) is 0. The van der Waals surface area contributed by atoms with E-state index in [0.29, 0.717) is 5.92 Å². The lowest BCUT2D eigenvalue weighted by atomic mass is 9.67.